The van der Waals surface area contributed by atoms with Crippen LogP contribution >= 0.6 is 0 Å². The lowest BCUT2D eigenvalue weighted by Gasteiger charge is -2.26. The third kappa shape index (κ3) is 1.95. The molecule has 1 fully saturated rings. The molecule has 1 aromatic rings. The Labute approximate surface area is 108 Å². The molecule has 0 aliphatic carbocycles. The Hall–Kier alpha value is -0.940. The van der Waals surface area contributed by atoms with Crippen LogP contribution in [-0.4, -0.2) is 37.4 Å². The van der Waals surface area contributed by atoms with E-state index in [0.29, 0.717) is 12.1 Å². The predicted molar refractivity (Wildman–Crippen MR) is 68.0 cm³/mol. The Morgan fingerprint density at radius 1 is 1.28 bits per heavy atom. The van der Waals surface area contributed by atoms with Gasteiger partial charge in [0.15, 0.2) is 5.82 Å². The molecule has 18 heavy (non-hydrogen) atoms. The van der Waals surface area contributed by atoms with Crippen LogP contribution in [0.2, 0.25) is 0 Å². The number of hydrogen-bond acceptors (Lipinski definition) is 4. The lowest BCUT2D eigenvalue weighted by molar-refractivity contribution is 0.0637. The first kappa shape index (κ1) is 12.1. The second kappa shape index (κ2) is 4.63. The fourth-order valence-electron chi connectivity index (χ4n) is 3.17. The van der Waals surface area contributed by atoms with Gasteiger partial charge in [-0.15, -0.1) is 0 Å². The van der Waals surface area contributed by atoms with Crippen LogP contribution in [0.5, 0.6) is 0 Å². The Kier molecular flexibility index (Phi) is 3.11. The van der Waals surface area contributed by atoms with Gasteiger partial charge in [-0.1, -0.05) is 0 Å². The zero-order chi connectivity index (χ0) is 12.7. The molecular weight excluding hydrogens is 228 g/mol. The monoisotopic (exact) mass is 250 g/mol. The average molecular weight is 250 g/mol. The molecule has 0 amide bonds. The van der Waals surface area contributed by atoms with E-state index < -0.39 is 6.23 Å². The highest BCUT2D eigenvalue weighted by Crippen LogP contribution is 2.33. The molecule has 1 aromatic heterocycles. The van der Waals surface area contributed by atoms with Crippen LogP contribution in [0.25, 0.3) is 0 Å². The van der Waals surface area contributed by atoms with Crippen molar-refractivity contribution in [3.05, 3.63) is 11.6 Å². The van der Waals surface area contributed by atoms with Crippen molar-refractivity contribution < 1.29 is 5.11 Å². The van der Waals surface area contributed by atoms with Crippen molar-refractivity contribution in [2.45, 2.75) is 64.3 Å². The van der Waals surface area contributed by atoms with Crippen molar-refractivity contribution in [2.75, 3.05) is 6.54 Å². The summed E-state index contributed by atoms with van der Waals surface area (Å²) in [6.07, 6.45) is 4.64. The van der Waals surface area contributed by atoms with E-state index in [1.807, 2.05) is 0 Å². The van der Waals surface area contributed by atoms with E-state index in [-0.39, 0.29) is 0 Å². The SMILES string of the molecule is CC(C)N1CCCC1c1nc2n(n1)C(O)CCC2. The number of nitrogens with zero attached hydrogens (tertiary/aromatic N) is 4. The largest absolute Gasteiger partial charge is 0.372 e. The van der Waals surface area contributed by atoms with E-state index >= 15 is 0 Å². The maximum Gasteiger partial charge on any atom is 0.168 e. The van der Waals surface area contributed by atoms with E-state index in [9.17, 15) is 5.11 Å². The van der Waals surface area contributed by atoms with E-state index in [2.05, 4.69) is 28.8 Å². The second-order valence-electron chi connectivity index (χ2n) is 5.69. The Morgan fingerprint density at radius 3 is 2.83 bits per heavy atom. The van der Waals surface area contributed by atoms with Gasteiger partial charge < -0.3 is 5.11 Å². The van der Waals surface area contributed by atoms with Crippen LogP contribution in [0.3, 0.4) is 0 Å². The number of likely N-dealkylation sites (tertiary alicyclic amines) is 1. The molecule has 1 N–H and O–H groups in total. The highest BCUT2D eigenvalue weighted by Gasteiger charge is 2.32. The Morgan fingerprint density at radius 2 is 2.11 bits per heavy atom. The van der Waals surface area contributed by atoms with Gasteiger partial charge in [0.25, 0.3) is 0 Å². The number of aryl methyl sites for hydroxylation is 1. The van der Waals surface area contributed by atoms with Gasteiger partial charge in [0, 0.05) is 12.5 Å². The van der Waals surface area contributed by atoms with Gasteiger partial charge in [-0.05, 0) is 46.1 Å². The molecule has 5 heteroatoms. The maximum absolute atomic E-state index is 9.94. The van der Waals surface area contributed by atoms with Gasteiger partial charge in [0.05, 0.1) is 6.04 Å². The molecule has 0 saturated carbocycles. The molecule has 2 aliphatic rings. The van der Waals surface area contributed by atoms with E-state index in [1.54, 1.807) is 4.68 Å². The van der Waals surface area contributed by atoms with Crippen molar-refractivity contribution in [3.8, 4) is 0 Å². The quantitative estimate of drug-likeness (QED) is 0.867. The molecule has 2 unspecified atom stereocenters. The number of fused-ring (bicyclic) bond motifs is 1. The minimum Gasteiger partial charge on any atom is -0.372 e. The molecule has 100 valence electrons. The van der Waals surface area contributed by atoms with Gasteiger partial charge in [-0.2, -0.15) is 5.10 Å². The first-order chi connectivity index (χ1) is 8.66. The zero-order valence-electron chi connectivity index (χ0n) is 11.2. The van der Waals surface area contributed by atoms with Gasteiger partial charge in [-0.3, -0.25) is 4.90 Å². The van der Waals surface area contributed by atoms with Gasteiger partial charge in [0.1, 0.15) is 12.1 Å². The van der Waals surface area contributed by atoms with Crippen LogP contribution in [0.1, 0.15) is 63.4 Å². The standard InChI is InChI=1S/C13H22N4O/c1-9(2)16-8-4-5-10(16)13-14-11-6-3-7-12(18)17(11)15-13/h9-10,12,18H,3-8H2,1-2H3. The van der Waals surface area contributed by atoms with Crippen molar-refractivity contribution >= 4 is 0 Å². The smallest absolute Gasteiger partial charge is 0.168 e. The minimum absolute atomic E-state index is 0.343. The highest BCUT2D eigenvalue weighted by atomic mass is 16.3. The molecule has 3 rings (SSSR count). The van der Waals surface area contributed by atoms with E-state index in [0.717, 1.165) is 43.9 Å². The van der Waals surface area contributed by atoms with Crippen LogP contribution in [-0.2, 0) is 6.42 Å². The summed E-state index contributed by atoms with van der Waals surface area (Å²) in [6, 6.07) is 0.873. The van der Waals surface area contributed by atoms with E-state index in [1.165, 1.54) is 6.42 Å². The topological polar surface area (TPSA) is 54.2 Å². The molecule has 0 radical (unpaired) electrons. The number of hydrogen-bond donors (Lipinski definition) is 1. The van der Waals surface area contributed by atoms with Gasteiger partial charge in [-0.25, -0.2) is 9.67 Å². The Bertz CT molecular complexity index is 429. The van der Waals surface area contributed by atoms with Crippen LogP contribution in [0.4, 0.5) is 0 Å². The fourth-order valence-corrected chi connectivity index (χ4v) is 3.17. The molecule has 5 nitrogen and oxygen atoms in total. The van der Waals surface area contributed by atoms with Crippen LogP contribution in [0, 0.1) is 0 Å². The molecule has 0 spiro atoms. The molecular formula is C13H22N4O. The summed E-state index contributed by atoms with van der Waals surface area (Å²) >= 11 is 0. The normalized spacial score (nSPS) is 28.9. The van der Waals surface area contributed by atoms with E-state index in [4.69, 9.17) is 0 Å². The number of aromatic nitrogens is 3. The van der Waals surface area contributed by atoms with Crippen molar-refractivity contribution in [1.29, 1.82) is 0 Å². The summed E-state index contributed by atoms with van der Waals surface area (Å²) < 4.78 is 1.73. The van der Waals surface area contributed by atoms with Crippen LogP contribution in [0.15, 0.2) is 0 Å². The zero-order valence-corrected chi connectivity index (χ0v) is 11.2. The Balaban J connectivity index is 1.88. The molecule has 2 atom stereocenters. The first-order valence-electron chi connectivity index (χ1n) is 7.06. The average Bonchev–Trinajstić information content (AvgIpc) is 2.95. The summed E-state index contributed by atoms with van der Waals surface area (Å²) in [6.45, 7) is 5.58. The van der Waals surface area contributed by atoms with Crippen LogP contribution < -0.4 is 0 Å². The molecule has 3 heterocycles. The summed E-state index contributed by atoms with van der Waals surface area (Å²) in [5, 5.41) is 14.5. The second-order valence-corrected chi connectivity index (χ2v) is 5.69. The summed E-state index contributed by atoms with van der Waals surface area (Å²) in [5.74, 6) is 1.87. The predicted octanol–water partition coefficient (Wildman–Crippen LogP) is 1.65. The lowest BCUT2D eigenvalue weighted by atomic mass is 10.1. The molecule has 0 bridgehead atoms. The van der Waals surface area contributed by atoms with Gasteiger partial charge in [0.2, 0.25) is 0 Å². The third-order valence-corrected chi connectivity index (χ3v) is 4.12. The number of aliphatic hydroxyl groups is 1. The first-order valence-corrected chi connectivity index (χ1v) is 7.06. The molecule has 0 aromatic carbocycles. The minimum atomic E-state index is -0.469. The van der Waals surface area contributed by atoms with Crippen molar-refractivity contribution in [1.82, 2.24) is 19.7 Å². The molecule has 1 saturated heterocycles. The fraction of sp³-hybridized carbons (Fsp3) is 0.846. The highest BCUT2D eigenvalue weighted by molar-refractivity contribution is 5.04. The maximum atomic E-state index is 9.94. The summed E-state index contributed by atoms with van der Waals surface area (Å²) in [4.78, 5) is 7.13. The number of rotatable bonds is 2. The lowest BCUT2D eigenvalue weighted by Crippen LogP contribution is -2.30. The van der Waals surface area contributed by atoms with Crippen molar-refractivity contribution in [3.63, 3.8) is 0 Å². The van der Waals surface area contributed by atoms with Crippen molar-refractivity contribution in [2.24, 2.45) is 0 Å². The van der Waals surface area contributed by atoms with Gasteiger partial charge >= 0.3 is 0 Å². The molecule has 2 aliphatic heterocycles. The number of aliphatic hydroxyl groups excluding tert-OH is 1. The third-order valence-electron chi connectivity index (χ3n) is 4.12. The summed E-state index contributed by atoms with van der Waals surface area (Å²) in [5.41, 5.74) is 0. The summed E-state index contributed by atoms with van der Waals surface area (Å²) in [7, 11) is 0.